The Balaban J connectivity index is 1.82. The van der Waals surface area contributed by atoms with E-state index < -0.39 is 6.10 Å². The van der Waals surface area contributed by atoms with Gasteiger partial charge in [-0.2, -0.15) is 0 Å². The highest BCUT2D eigenvalue weighted by atomic mass is 16.5. The summed E-state index contributed by atoms with van der Waals surface area (Å²) in [5.41, 5.74) is 1.66. The molecule has 0 fully saturated rings. The summed E-state index contributed by atoms with van der Waals surface area (Å²) in [6, 6.07) is 15.0. The Kier molecular flexibility index (Phi) is 4.81. The second-order valence-electron chi connectivity index (χ2n) is 4.31. The number of ketones is 1. The highest BCUT2D eigenvalue weighted by molar-refractivity contribution is 5.99. The van der Waals surface area contributed by atoms with E-state index in [0.717, 1.165) is 5.69 Å². The Labute approximate surface area is 113 Å². The molecule has 19 heavy (non-hydrogen) atoms. The van der Waals surface area contributed by atoms with E-state index in [1.807, 2.05) is 36.4 Å². The number of benzene rings is 1. The van der Waals surface area contributed by atoms with Crippen molar-refractivity contribution in [1.82, 2.24) is 4.98 Å². The zero-order valence-electron chi connectivity index (χ0n) is 11.0. The molecule has 0 amide bonds. The summed E-state index contributed by atoms with van der Waals surface area (Å²) in [6.07, 6.45) is 2.05. The first-order valence-electron chi connectivity index (χ1n) is 6.38. The van der Waals surface area contributed by atoms with Crippen molar-refractivity contribution in [2.75, 3.05) is 6.61 Å². The van der Waals surface area contributed by atoms with Crippen LogP contribution in [0.3, 0.4) is 0 Å². The van der Waals surface area contributed by atoms with Gasteiger partial charge in [0.1, 0.15) is 6.10 Å². The van der Waals surface area contributed by atoms with Gasteiger partial charge in [-0.25, -0.2) is 0 Å². The average Bonchev–Trinajstić information content (AvgIpc) is 2.48. The number of ether oxygens (including phenoxy) is 1. The summed E-state index contributed by atoms with van der Waals surface area (Å²) in [5, 5.41) is 0. The molecule has 0 aliphatic carbocycles. The lowest BCUT2D eigenvalue weighted by Crippen LogP contribution is -2.22. The molecular formula is C16H17NO2. The molecule has 0 aliphatic rings. The predicted octanol–water partition coefficient (Wildman–Crippen LogP) is 2.91. The lowest BCUT2D eigenvalue weighted by Gasteiger charge is -2.11. The van der Waals surface area contributed by atoms with E-state index in [-0.39, 0.29) is 5.78 Å². The Bertz CT molecular complexity index is 511. The number of nitrogens with zero attached hydrogens (tertiary/aromatic N) is 1. The van der Waals surface area contributed by atoms with Gasteiger partial charge in [-0.3, -0.25) is 9.78 Å². The van der Waals surface area contributed by atoms with Crippen molar-refractivity contribution in [1.29, 1.82) is 0 Å². The van der Waals surface area contributed by atoms with Crippen molar-refractivity contribution in [3.63, 3.8) is 0 Å². The zero-order chi connectivity index (χ0) is 13.5. The maximum absolute atomic E-state index is 12.0. The Morgan fingerprint density at radius 2 is 1.89 bits per heavy atom. The van der Waals surface area contributed by atoms with Gasteiger partial charge in [0.15, 0.2) is 5.78 Å². The Morgan fingerprint density at radius 3 is 2.58 bits per heavy atom. The molecule has 0 bridgehead atoms. The summed E-state index contributed by atoms with van der Waals surface area (Å²) < 4.78 is 5.57. The maximum Gasteiger partial charge on any atom is 0.191 e. The molecule has 1 unspecified atom stereocenters. The van der Waals surface area contributed by atoms with Crippen LogP contribution in [0, 0.1) is 0 Å². The average molecular weight is 255 g/mol. The lowest BCUT2D eigenvalue weighted by molar-refractivity contribution is 0.0485. The number of Topliss-reactive ketones (excluding diaryl/α,β-unsaturated/α-hetero) is 1. The molecule has 2 aromatic rings. The number of carbonyl (C=O) groups is 1. The minimum absolute atomic E-state index is 0.0154. The summed E-state index contributed by atoms with van der Waals surface area (Å²) in [4.78, 5) is 16.3. The van der Waals surface area contributed by atoms with Gasteiger partial charge < -0.3 is 4.74 Å². The smallest absolute Gasteiger partial charge is 0.191 e. The first-order valence-corrected chi connectivity index (χ1v) is 6.38. The summed E-state index contributed by atoms with van der Waals surface area (Å²) >= 11 is 0. The van der Waals surface area contributed by atoms with Crippen LogP contribution < -0.4 is 0 Å². The molecule has 3 heteroatoms. The van der Waals surface area contributed by atoms with Crippen LogP contribution in [0.4, 0.5) is 0 Å². The molecule has 0 spiro atoms. The fourth-order valence-corrected chi connectivity index (χ4v) is 1.80. The Hall–Kier alpha value is -2.00. The minimum atomic E-state index is -0.425. The third-order valence-corrected chi connectivity index (χ3v) is 2.88. The number of pyridine rings is 1. The van der Waals surface area contributed by atoms with Gasteiger partial charge in [-0.05, 0) is 19.1 Å². The van der Waals surface area contributed by atoms with E-state index in [1.165, 1.54) is 0 Å². The molecular weight excluding hydrogens is 238 g/mol. The molecule has 1 heterocycles. The first-order chi connectivity index (χ1) is 9.27. The monoisotopic (exact) mass is 255 g/mol. The van der Waals surface area contributed by atoms with Gasteiger partial charge >= 0.3 is 0 Å². The molecule has 0 saturated heterocycles. The SMILES string of the molecule is CC(OCCc1ccccn1)C(=O)c1ccccc1. The van der Waals surface area contributed by atoms with Gasteiger partial charge in [0, 0.05) is 23.9 Å². The van der Waals surface area contributed by atoms with E-state index in [4.69, 9.17) is 4.74 Å². The van der Waals surface area contributed by atoms with Gasteiger partial charge in [0.25, 0.3) is 0 Å². The van der Waals surface area contributed by atoms with E-state index >= 15 is 0 Å². The van der Waals surface area contributed by atoms with Crippen molar-refractivity contribution >= 4 is 5.78 Å². The van der Waals surface area contributed by atoms with Crippen LogP contribution in [0.25, 0.3) is 0 Å². The predicted molar refractivity (Wildman–Crippen MR) is 74.1 cm³/mol. The van der Waals surface area contributed by atoms with Crippen LogP contribution >= 0.6 is 0 Å². The molecule has 2 rings (SSSR count). The van der Waals surface area contributed by atoms with Crippen LogP contribution in [-0.4, -0.2) is 23.5 Å². The molecule has 0 aliphatic heterocycles. The van der Waals surface area contributed by atoms with Gasteiger partial charge in [-0.15, -0.1) is 0 Å². The number of carbonyl (C=O) groups excluding carboxylic acids is 1. The van der Waals surface area contributed by atoms with Crippen LogP contribution in [-0.2, 0) is 11.2 Å². The molecule has 1 aromatic carbocycles. The first kappa shape index (κ1) is 13.4. The van der Waals surface area contributed by atoms with Crippen molar-refractivity contribution in [2.45, 2.75) is 19.4 Å². The molecule has 0 N–H and O–H groups in total. The molecule has 3 nitrogen and oxygen atoms in total. The summed E-state index contributed by atoms with van der Waals surface area (Å²) in [6.45, 7) is 2.28. The van der Waals surface area contributed by atoms with Gasteiger partial charge in [0.2, 0.25) is 0 Å². The quantitative estimate of drug-likeness (QED) is 0.745. The highest BCUT2D eigenvalue weighted by Crippen LogP contribution is 2.06. The third kappa shape index (κ3) is 4.00. The summed E-state index contributed by atoms with van der Waals surface area (Å²) in [7, 11) is 0. The normalized spacial score (nSPS) is 12.1. The minimum Gasteiger partial charge on any atom is -0.370 e. The Morgan fingerprint density at radius 1 is 1.16 bits per heavy atom. The van der Waals surface area contributed by atoms with Gasteiger partial charge in [-0.1, -0.05) is 36.4 Å². The third-order valence-electron chi connectivity index (χ3n) is 2.88. The van der Waals surface area contributed by atoms with E-state index in [0.29, 0.717) is 18.6 Å². The standard InChI is InChI=1S/C16H17NO2/c1-13(16(18)14-7-3-2-4-8-14)19-12-10-15-9-5-6-11-17-15/h2-9,11,13H,10,12H2,1H3. The largest absolute Gasteiger partial charge is 0.370 e. The number of hydrogen-bond donors (Lipinski definition) is 0. The van der Waals surface area contributed by atoms with Crippen LogP contribution in [0.1, 0.15) is 23.0 Å². The molecule has 98 valence electrons. The van der Waals surface area contributed by atoms with Crippen LogP contribution in [0.2, 0.25) is 0 Å². The maximum atomic E-state index is 12.0. The number of hydrogen-bond acceptors (Lipinski definition) is 3. The highest BCUT2D eigenvalue weighted by Gasteiger charge is 2.14. The number of aromatic nitrogens is 1. The van der Waals surface area contributed by atoms with E-state index in [2.05, 4.69) is 4.98 Å². The van der Waals surface area contributed by atoms with Crippen molar-refractivity contribution < 1.29 is 9.53 Å². The molecule has 1 aromatic heterocycles. The fraction of sp³-hybridized carbons (Fsp3) is 0.250. The van der Waals surface area contributed by atoms with Crippen molar-refractivity contribution in [3.05, 3.63) is 66.0 Å². The second-order valence-corrected chi connectivity index (χ2v) is 4.31. The lowest BCUT2D eigenvalue weighted by atomic mass is 10.1. The van der Waals surface area contributed by atoms with E-state index in [1.54, 1.807) is 25.3 Å². The van der Waals surface area contributed by atoms with Crippen molar-refractivity contribution in [3.8, 4) is 0 Å². The summed E-state index contributed by atoms with van der Waals surface area (Å²) in [5.74, 6) is 0.0154. The second kappa shape index (κ2) is 6.81. The van der Waals surface area contributed by atoms with Crippen LogP contribution in [0.15, 0.2) is 54.7 Å². The molecule has 0 radical (unpaired) electrons. The van der Waals surface area contributed by atoms with Crippen molar-refractivity contribution in [2.24, 2.45) is 0 Å². The molecule has 0 saturated carbocycles. The van der Waals surface area contributed by atoms with Crippen LogP contribution in [0.5, 0.6) is 0 Å². The van der Waals surface area contributed by atoms with E-state index in [9.17, 15) is 4.79 Å². The zero-order valence-corrected chi connectivity index (χ0v) is 11.0. The molecule has 1 atom stereocenters. The fourth-order valence-electron chi connectivity index (χ4n) is 1.80. The number of rotatable bonds is 6. The van der Waals surface area contributed by atoms with Gasteiger partial charge in [0.05, 0.1) is 6.61 Å². The topological polar surface area (TPSA) is 39.2 Å².